The number of fused-ring (bicyclic) bond motifs is 3. The molecule has 0 saturated heterocycles. The van der Waals surface area contributed by atoms with Crippen LogP contribution in [-0.2, 0) is 0 Å². The molecule has 0 aliphatic rings. The number of phenols is 1. The molecule has 1 aromatic heterocycles. The van der Waals surface area contributed by atoms with Crippen LogP contribution in [0.3, 0.4) is 0 Å². The molecule has 0 fully saturated rings. The van der Waals surface area contributed by atoms with Crippen molar-refractivity contribution >= 4 is 21.8 Å². The van der Waals surface area contributed by atoms with Crippen molar-refractivity contribution in [3.05, 3.63) is 84.9 Å². The van der Waals surface area contributed by atoms with Gasteiger partial charge in [0.15, 0.2) is 11.5 Å². The summed E-state index contributed by atoms with van der Waals surface area (Å²) in [5.41, 5.74) is 5.38. The van der Waals surface area contributed by atoms with Gasteiger partial charge in [0.1, 0.15) is 0 Å². The maximum atomic E-state index is 10.2. The first-order valence-corrected chi connectivity index (χ1v) is 9.75. The lowest BCUT2D eigenvalue weighted by molar-refractivity contribution is 0.340. The predicted molar refractivity (Wildman–Crippen MR) is 121 cm³/mol. The second-order valence-corrected chi connectivity index (χ2v) is 7.15. The van der Waals surface area contributed by atoms with Crippen molar-refractivity contribution in [2.75, 3.05) is 14.2 Å². The molecule has 0 aliphatic carbocycles. The van der Waals surface area contributed by atoms with Crippen LogP contribution in [-0.4, -0.2) is 23.9 Å². The first-order valence-electron chi connectivity index (χ1n) is 9.75. The Morgan fingerprint density at radius 1 is 0.633 bits per heavy atom. The van der Waals surface area contributed by atoms with E-state index in [0.29, 0.717) is 11.5 Å². The van der Waals surface area contributed by atoms with Crippen LogP contribution in [0.15, 0.2) is 84.9 Å². The predicted octanol–water partition coefficient (Wildman–Crippen LogP) is 6.17. The van der Waals surface area contributed by atoms with E-state index in [4.69, 9.17) is 9.47 Å². The summed E-state index contributed by atoms with van der Waals surface area (Å²) < 4.78 is 13.0. The topological polar surface area (TPSA) is 43.6 Å². The standard InChI is InChI=1S/C26H21NO3/c1-29-24-15-18(16-25(30-2)26(24)28)17-12-13-23-21(14-17)20-10-6-7-11-22(20)27(23)19-8-4-3-5-9-19/h3-16,28H,1-2H3. The molecule has 30 heavy (non-hydrogen) atoms. The molecule has 0 atom stereocenters. The minimum atomic E-state index is 0.00510. The van der Waals surface area contributed by atoms with Gasteiger partial charge in [-0.15, -0.1) is 0 Å². The first kappa shape index (κ1) is 18.1. The average molecular weight is 395 g/mol. The SMILES string of the molecule is COc1cc(-c2ccc3c(c2)c2ccccc2n3-c2ccccc2)cc(OC)c1O. The highest BCUT2D eigenvalue weighted by Crippen LogP contribution is 2.41. The van der Waals surface area contributed by atoms with Crippen LogP contribution < -0.4 is 9.47 Å². The van der Waals surface area contributed by atoms with Crippen LogP contribution in [0, 0.1) is 0 Å². The minimum Gasteiger partial charge on any atom is -0.502 e. The fourth-order valence-corrected chi connectivity index (χ4v) is 4.07. The van der Waals surface area contributed by atoms with Crippen LogP contribution in [0.5, 0.6) is 17.2 Å². The van der Waals surface area contributed by atoms with Gasteiger partial charge >= 0.3 is 0 Å². The van der Waals surface area contributed by atoms with Gasteiger partial charge in [-0.25, -0.2) is 0 Å². The molecule has 4 aromatic carbocycles. The van der Waals surface area contributed by atoms with Gasteiger partial charge in [-0.05, 0) is 53.6 Å². The van der Waals surface area contributed by atoms with E-state index in [0.717, 1.165) is 33.2 Å². The fourth-order valence-electron chi connectivity index (χ4n) is 4.07. The Labute approximate surface area is 174 Å². The summed E-state index contributed by atoms with van der Waals surface area (Å²) in [5, 5.41) is 12.6. The highest BCUT2D eigenvalue weighted by Gasteiger charge is 2.15. The summed E-state index contributed by atoms with van der Waals surface area (Å²) in [6.45, 7) is 0. The number of hydrogen-bond donors (Lipinski definition) is 1. The minimum absolute atomic E-state index is 0.00510. The van der Waals surface area contributed by atoms with Crippen LogP contribution in [0.2, 0.25) is 0 Å². The lowest BCUT2D eigenvalue weighted by Gasteiger charge is -2.12. The second kappa shape index (κ2) is 7.16. The van der Waals surface area contributed by atoms with Gasteiger partial charge in [0.25, 0.3) is 0 Å². The van der Waals surface area contributed by atoms with E-state index >= 15 is 0 Å². The van der Waals surface area contributed by atoms with Gasteiger partial charge in [0.2, 0.25) is 5.75 Å². The van der Waals surface area contributed by atoms with Crippen LogP contribution in [0.4, 0.5) is 0 Å². The van der Waals surface area contributed by atoms with Crippen molar-refractivity contribution in [2.24, 2.45) is 0 Å². The van der Waals surface area contributed by atoms with Crippen molar-refractivity contribution in [3.63, 3.8) is 0 Å². The third-order valence-corrected chi connectivity index (χ3v) is 5.50. The number of methoxy groups -OCH3 is 2. The summed E-state index contributed by atoms with van der Waals surface area (Å²) in [6, 6.07) is 28.9. The smallest absolute Gasteiger partial charge is 0.200 e. The maximum Gasteiger partial charge on any atom is 0.200 e. The Hall–Kier alpha value is -3.92. The van der Waals surface area contributed by atoms with Crippen molar-refractivity contribution in [1.29, 1.82) is 0 Å². The van der Waals surface area contributed by atoms with Gasteiger partial charge < -0.3 is 19.1 Å². The molecule has 0 aliphatic heterocycles. The number of phenolic OH excluding ortho intramolecular Hbond substituents is 1. The van der Waals surface area contributed by atoms with Crippen molar-refractivity contribution in [1.82, 2.24) is 4.57 Å². The number of ether oxygens (including phenoxy) is 2. The summed E-state index contributed by atoms with van der Waals surface area (Å²) in [4.78, 5) is 0. The van der Waals surface area contributed by atoms with Crippen LogP contribution in [0.25, 0.3) is 38.6 Å². The van der Waals surface area contributed by atoms with Gasteiger partial charge in [0, 0.05) is 16.5 Å². The highest BCUT2D eigenvalue weighted by molar-refractivity contribution is 6.10. The third-order valence-electron chi connectivity index (χ3n) is 5.50. The van der Waals surface area contributed by atoms with E-state index in [1.54, 1.807) is 0 Å². The van der Waals surface area contributed by atoms with E-state index in [1.807, 2.05) is 18.2 Å². The van der Waals surface area contributed by atoms with Crippen molar-refractivity contribution in [3.8, 4) is 34.1 Å². The first-order chi connectivity index (χ1) is 14.7. The fraction of sp³-hybridized carbons (Fsp3) is 0.0769. The average Bonchev–Trinajstić information content (AvgIpc) is 3.13. The van der Waals surface area contributed by atoms with Crippen LogP contribution >= 0.6 is 0 Å². The zero-order valence-electron chi connectivity index (χ0n) is 16.8. The zero-order valence-corrected chi connectivity index (χ0v) is 16.8. The van der Waals surface area contributed by atoms with E-state index in [-0.39, 0.29) is 5.75 Å². The molecule has 4 heteroatoms. The van der Waals surface area contributed by atoms with Gasteiger partial charge in [0.05, 0.1) is 25.3 Å². The van der Waals surface area contributed by atoms with E-state index in [1.165, 1.54) is 19.6 Å². The molecule has 0 amide bonds. The Kier molecular flexibility index (Phi) is 4.32. The van der Waals surface area contributed by atoms with Crippen molar-refractivity contribution in [2.45, 2.75) is 0 Å². The number of aromatic hydroxyl groups is 1. The van der Waals surface area contributed by atoms with E-state index < -0.39 is 0 Å². The van der Waals surface area contributed by atoms with E-state index in [9.17, 15) is 5.11 Å². The molecule has 0 saturated carbocycles. The van der Waals surface area contributed by atoms with Crippen LogP contribution in [0.1, 0.15) is 0 Å². The van der Waals surface area contributed by atoms with Gasteiger partial charge in [-0.3, -0.25) is 0 Å². The molecule has 5 rings (SSSR count). The maximum absolute atomic E-state index is 10.2. The molecule has 1 N–H and O–H groups in total. The van der Waals surface area contributed by atoms with E-state index in [2.05, 4.69) is 71.3 Å². The number of rotatable bonds is 4. The Morgan fingerprint density at radius 3 is 1.97 bits per heavy atom. The molecule has 0 spiro atoms. The molecule has 0 unspecified atom stereocenters. The largest absolute Gasteiger partial charge is 0.502 e. The number of para-hydroxylation sites is 2. The molecular formula is C26H21NO3. The number of benzene rings is 4. The zero-order chi connectivity index (χ0) is 20.7. The summed E-state index contributed by atoms with van der Waals surface area (Å²) >= 11 is 0. The second-order valence-electron chi connectivity index (χ2n) is 7.15. The summed E-state index contributed by atoms with van der Waals surface area (Å²) in [6.07, 6.45) is 0. The number of nitrogens with zero attached hydrogens (tertiary/aromatic N) is 1. The highest BCUT2D eigenvalue weighted by atomic mass is 16.5. The van der Waals surface area contributed by atoms with Crippen molar-refractivity contribution < 1.29 is 14.6 Å². The molecule has 5 aromatic rings. The summed E-state index contributed by atoms with van der Waals surface area (Å²) in [5.74, 6) is 0.776. The molecular weight excluding hydrogens is 374 g/mol. The quantitative estimate of drug-likeness (QED) is 0.395. The summed E-state index contributed by atoms with van der Waals surface area (Å²) in [7, 11) is 3.07. The normalized spacial score (nSPS) is 11.1. The van der Waals surface area contributed by atoms with Gasteiger partial charge in [-0.2, -0.15) is 0 Å². The molecule has 0 bridgehead atoms. The molecule has 4 nitrogen and oxygen atoms in total. The third kappa shape index (κ3) is 2.77. The number of hydrogen-bond acceptors (Lipinski definition) is 3. The molecule has 148 valence electrons. The number of aromatic nitrogens is 1. The lowest BCUT2D eigenvalue weighted by Crippen LogP contribution is -1.93. The Morgan fingerprint density at radius 2 is 1.27 bits per heavy atom. The molecule has 0 radical (unpaired) electrons. The van der Waals surface area contributed by atoms with Gasteiger partial charge in [-0.1, -0.05) is 42.5 Å². The lowest BCUT2D eigenvalue weighted by atomic mass is 10.0. The monoisotopic (exact) mass is 395 g/mol. The Bertz CT molecular complexity index is 1340. The Balaban J connectivity index is 1.78. The molecule has 1 heterocycles.